The number of hydrogen-bond acceptors (Lipinski definition) is 4. The SMILES string of the molecule is O=C([C@H]1CN(C(=O)CSc2ccc(F)cc2)c2ccccc2O1)N1CCCCC1. The number of ether oxygens (including phenoxy) is 1. The van der Waals surface area contributed by atoms with Crippen LogP contribution in [-0.2, 0) is 9.59 Å². The zero-order chi connectivity index (χ0) is 20.2. The van der Waals surface area contributed by atoms with E-state index in [4.69, 9.17) is 4.74 Å². The minimum absolute atomic E-state index is 0.0526. The Hall–Kier alpha value is -2.54. The van der Waals surface area contributed by atoms with Crippen LogP contribution in [0.2, 0.25) is 0 Å². The van der Waals surface area contributed by atoms with Crippen molar-refractivity contribution >= 4 is 29.3 Å². The van der Waals surface area contributed by atoms with Crippen molar-refractivity contribution in [1.82, 2.24) is 4.90 Å². The fraction of sp³-hybridized carbons (Fsp3) is 0.364. The van der Waals surface area contributed by atoms with Gasteiger partial charge in [0.05, 0.1) is 18.0 Å². The number of carbonyl (C=O) groups is 2. The van der Waals surface area contributed by atoms with E-state index in [-0.39, 0.29) is 29.9 Å². The van der Waals surface area contributed by atoms with E-state index in [1.54, 1.807) is 23.1 Å². The van der Waals surface area contributed by atoms with E-state index >= 15 is 0 Å². The number of likely N-dealkylation sites (tertiary alicyclic amines) is 1. The van der Waals surface area contributed by atoms with Crippen molar-refractivity contribution in [2.24, 2.45) is 0 Å². The van der Waals surface area contributed by atoms with Crippen molar-refractivity contribution in [3.63, 3.8) is 0 Å². The molecular formula is C22H23FN2O3S. The highest BCUT2D eigenvalue weighted by molar-refractivity contribution is 8.00. The van der Waals surface area contributed by atoms with Crippen LogP contribution in [0.1, 0.15) is 19.3 Å². The van der Waals surface area contributed by atoms with Gasteiger partial charge in [-0.15, -0.1) is 11.8 Å². The Kier molecular flexibility index (Phi) is 6.04. The van der Waals surface area contributed by atoms with Gasteiger partial charge in [0.2, 0.25) is 5.91 Å². The maximum atomic E-state index is 13.1. The molecule has 2 amide bonds. The number of rotatable bonds is 4. The number of piperidine rings is 1. The van der Waals surface area contributed by atoms with Gasteiger partial charge >= 0.3 is 0 Å². The van der Waals surface area contributed by atoms with Crippen molar-refractivity contribution in [2.75, 3.05) is 30.3 Å². The van der Waals surface area contributed by atoms with Crippen LogP contribution in [0, 0.1) is 5.82 Å². The van der Waals surface area contributed by atoms with E-state index in [0.717, 1.165) is 37.2 Å². The van der Waals surface area contributed by atoms with Crippen LogP contribution >= 0.6 is 11.8 Å². The average Bonchev–Trinajstić information content (AvgIpc) is 2.78. The van der Waals surface area contributed by atoms with Gasteiger partial charge in [0.15, 0.2) is 6.10 Å². The largest absolute Gasteiger partial charge is 0.476 e. The first-order valence-corrected chi connectivity index (χ1v) is 10.8. The van der Waals surface area contributed by atoms with E-state index in [0.29, 0.717) is 11.4 Å². The number of amides is 2. The topological polar surface area (TPSA) is 49.9 Å². The monoisotopic (exact) mass is 414 g/mol. The highest BCUT2D eigenvalue weighted by atomic mass is 32.2. The molecule has 0 bridgehead atoms. The smallest absolute Gasteiger partial charge is 0.265 e. The molecule has 2 heterocycles. The fourth-order valence-corrected chi connectivity index (χ4v) is 4.45. The maximum Gasteiger partial charge on any atom is 0.265 e. The maximum absolute atomic E-state index is 13.1. The molecule has 1 saturated heterocycles. The van der Waals surface area contributed by atoms with Crippen molar-refractivity contribution in [3.8, 4) is 5.75 Å². The lowest BCUT2D eigenvalue weighted by atomic mass is 10.1. The summed E-state index contributed by atoms with van der Waals surface area (Å²) in [6.07, 6.45) is 2.46. The summed E-state index contributed by atoms with van der Waals surface area (Å²) in [6.45, 7) is 1.69. The number of thioether (sulfide) groups is 1. The lowest BCUT2D eigenvalue weighted by molar-refractivity contribution is -0.139. The molecule has 1 fully saturated rings. The number of fused-ring (bicyclic) bond motifs is 1. The molecule has 0 unspecified atom stereocenters. The summed E-state index contributed by atoms with van der Waals surface area (Å²) >= 11 is 1.35. The third-order valence-corrected chi connectivity index (χ3v) is 6.19. The van der Waals surface area contributed by atoms with Crippen molar-refractivity contribution < 1.29 is 18.7 Å². The summed E-state index contributed by atoms with van der Waals surface area (Å²) in [7, 11) is 0. The number of carbonyl (C=O) groups excluding carboxylic acids is 2. The molecule has 0 aromatic heterocycles. The van der Waals surface area contributed by atoms with Crippen LogP contribution in [0.3, 0.4) is 0 Å². The standard InChI is InChI=1S/C22H23FN2O3S/c23-16-8-10-17(11-9-16)29-15-21(26)25-14-20(22(27)24-12-4-1-5-13-24)28-19-7-3-2-6-18(19)25/h2-3,6-11,20H,1,4-5,12-15H2/t20-/m1/s1. The Balaban J connectivity index is 1.49. The lowest BCUT2D eigenvalue weighted by Crippen LogP contribution is -2.53. The highest BCUT2D eigenvalue weighted by Crippen LogP contribution is 2.34. The molecule has 0 N–H and O–H groups in total. The Morgan fingerprint density at radius 1 is 1.03 bits per heavy atom. The van der Waals surface area contributed by atoms with Crippen LogP contribution in [-0.4, -0.2) is 48.2 Å². The molecule has 0 aliphatic carbocycles. The van der Waals surface area contributed by atoms with E-state index in [9.17, 15) is 14.0 Å². The molecular weight excluding hydrogens is 391 g/mol. The van der Waals surface area contributed by atoms with Gasteiger partial charge in [-0.2, -0.15) is 0 Å². The number of halogens is 1. The fourth-order valence-electron chi connectivity index (χ4n) is 3.67. The minimum Gasteiger partial charge on any atom is -0.476 e. The predicted molar refractivity (Wildman–Crippen MR) is 111 cm³/mol. The van der Waals surface area contributed by atoms with Crippen molar-refractivity contribution in [1.29, 1.82) is 0 Å². The molecule has 5 nitrogen and oxygen atoms in total. The predicted octanol–water partition coefficient (Wildman–Crippen LogP) is 3.72. The van der Waals surface area contributed by atoms with Gasteiger partial charge in [-0.05, 0) is 55.7 Å². The third-order valence-electron chi connectivity index (χ3n) is 5.19. The number of anilines is 1. The quantitative estimate of drug-likeness (QED) is 0.716. The van der Waals surface area contributed by atoms with Gasteiger partial charge in [0.1, 0.15) is 11.6 Å². The summed E-state index contributed by atoms with van der Waals surface area (Å²) in [4.78, 5) is 30.3. The molecule has 2 aliphatic heterocycles. The molecule has 2 aromatic rings. The number of benzene rings is 2. The second-order valence-electron chi connectivity index (χ2n) is 7.21. The Bertz CT molecular complexity index is 884. The number of hydrogen-bond donors (Lipinski definition) is 0. The second-order valence-corrected chi connectivity index (χ2v) is 8.26. The number of nitrogens with zero attached hydrogens (tertiary/aromatic N) is 2. The third kappa shape index (κ3) is 4.56. The van der Waals surface area contributed by atoms with Crippen LogP contribution in [0.15, 0.2) is 53.4 Å². The molecule has 0 saturated carbocycles. The second kappa shape index (κ2) is 8.86. The molecule has 2 aliphatic rings. The van der Waals surface area contributed by atoms with Gasteiger partial charge in [-0.25, -0.2) is 4.39 Å². The van der Waals surface area contributed by atoms with Crippen LogP contribution in [0.4, 0.5) is 10.1 Å². The molecule has 7 heteroatoms. The van der Waals surface area contributed by atoms with Crippen molar-refractivity contribution in [3.05, 3.63) is 54.3 Å². The van der Waals surface area contributed by atoms with E-state index < -0.39 is 6.10 Å². The molecule has 2 aromatic carbocycles. The Labute approximate surface area is 173 Å². The summed E-state index contributed by atoms with van der Waals surface area (Å²) in [5, 5.41) is 0. The summed E-state index contributed by atoms with van der Waals surface area (Å²) in [6, 6.07) is 13.4. The first-order valence-electron chi connectivity index (χ1n) is 9.85. The van der Waals surface area contributed by atoms with Crippen LogP contribution in [0.5, 0.6) is 5.75 Å². The van der Waals surface area contributed by atoms with Crippen LogP contribution in [0.25, 0.3) is 0 Å². The molecule has 0 radical (unpaired) electrons. The minimum atomic E-state index is -0.692. The van der Waals surface area contributed by atoms with Gasteiger partial charge < -0.3 is 14.5 Å². The van der Waals surface area contributed by atoms with Gasteiger partial charge in [0.25, 0.3) is 5.91 Å². The number of para-hydroxylation sites is 2. The Morgan fingerprint density at radius 2 is 1.76 bits per heavy atom. The molecule has 29 heavy (non-hydrogen) atoms. The van der Waals surface area contributed by atoms with Crippen LogP contribution < -0.4 is 9.64 Å². The lowest BCUT2D eigenvalue weighted by Gasteiger charge is -2.37. The average molecular weight is 415 g/mol. The molecule has 1 atom stereocenters. The first kappa shape index (κ1) is 19.8. The van der Waals surface area contributed by atoms with Gasteiger partial charge in [0, 0.05) is 18.0 Å². The Morgan fingerprint density at radius 3 is 2.52 bits per heavy atom. The first-order chi connectivity index (χ1) is 14.1. The summed E-state index contributed by atoms with van der Waals surface area (Å²) < 4.78 is 19.0. The highest BCUT2D eigenvalue weighted by Gasteiger charge is 2.36. The van der Waals surface area contributed by atoms with Gasteiger partial charge in [-0.3, -0.25) is 9.59 Å². The van der Waals surface area contributed by atoms with E-state index in [1.165, 1.54) is 23.9 Å². The van der Waals surface area contributed by atoms with Gasteiger partial charge in [-0.1, -0.05) is 12.1 Å². The normalized spacial score (nSPS) is 18.7. The summed E-state index contributed by atoms with van der Waals surface area (Å²) in [5.41, 5.74) is 0.680. The molecule has 4 rings (SSSR count). The summed E-state index contributed by atoms with van der Waals surface area (Å²) in [5.74, 6) is 0.288. The van der Waals surface area contributed by atoms with Crippen molar-refractivity contribution in [2.45, 2.75) is 30.3 Å². The van der Waals surface area contributed by atoms with E-state index in [2.05, 4.69) is 0 Å². The molecule has 152 valence electrons. The zero-order valence-corrected chi connectivity index (χ0v) is 16.9. The molecule has 0 spiro atoms. The van der Waals surface area contributed by atoms with E-state index in [1.807, 2.05) is 23.1 Å². The zero-order valence-electron chi connectivity index (χ0n) is 16.1.